The Hall–Kier alpha value is -1.18. The van der Waals surface area contributed by atoms with Gasteiger partial charge in [0.2, 0.25) is 5.91 Å². The van der Waals surface area contributed by atoms with Crippen molar-refractivity contribution in [2.45, 2.75) is 43.7 Å². The van der Waals surface area contributed by atoms with Crippen LogP contribution in [0, 0.1) is 0 Å². The number of benzene rings is 1. The molecule has 1 heterocycles. The van der Waals surface area contributed by atoms with Gasteiger partial charge in [-0.05, 0) is 55.3 Å². The summed E-state index contributed by atoms with van der Waals surface area (Å²) >= 11 is 0. The largest absolute Gasteiger partial charge is 0.454 e. The molecule has 1 aliphatic heterocycles. The molecule has 0 spiro atoms. The van der Waals surface area contributed by atoms with Gasteiger partial charge in [0, 0.05) is 0 Å². The van der Waals surface area contributed by atoms with E-state index in [2.05, 4.69) is 56.5 Å². The first-order valence-electron chi connectivity index (χ1n) is 7.49. The van der Waals surface area contributed by atoms with Crippen LogP contribution in [0.5, 0.6) is 0 Å². The maximum absolute atomic E-state index is 12.6. The molecule has 0 aromatic heterocycles. The van der Waals surface area contributed by atoms with E-state index in [-0.39, 0.29) is 5.91 Å². The van der Waals surface area contributed by atoms with Crippen molar-refractivity contribution in [3.63, 3.8) is 0 Å². The van der Waals surface area contributed by atoms with Crippen molar-refractivity contribution in [1.29, 1.82) is 0 Å². The summed E-state index contributed by atoms with van der Waals surface area (Å²) < 4.78 is 6.48. The molecule has 0 saturated carbocycles. The Labute approximate surface area is 128 Å². The van der Waals surface area contributed by atoms with Crippen LogP contribution in [-0.2, 0) is 20.4 Å². The summed E-state index contributed by atoms with van der Waals surface area (Å²) in [6.45, 7) is 8.70. The third-order valence-electron chi connectivity index (χ3n) is 4.95. The summed E-state index contributed by atoms with van der Waals surface area (Å²) in [6.07, 6.45) is 5.25. The van der Waals surface area contributed by atoms with E-state index in [0.29, 0.717) is 0 Å². The molecule has 1 amide bonds. The zero-order valence-corrected chi connectivity index (χ0v) is 15.2. The molecule has 0 bridgehead atoms. The summed E-state index contributed by atoms with van der Waals surface area (Å²) in [6, 6.07) is 7.09. The van der Waals surface area contributed by atoms with Crippen LogP contribution in [0.4, 0.5) is 0 Å². The van der Waals surface area contributed by atoms with Crippen LogP contribution in [0.2, 0.25) is 32.2 Å². The van der Waals surface area contributed by atoms with Gasteiger partial charge < -0.3 is 9.85 Å². The van der Waals surface area contributed by atoms with Crippen molar-refractivity contribution < 1.29 is 8.91 Å². The number of allylic oxidation sites excluding steroid dienone is 1. The van der Waals surface area contributed by atoms with E-state index in [0.717, 1.165) is 18.0 Å². The van der Waals surface area contributed by atoms with E-state index in [1.807, 2.05) is 0 Å². The summed E-state index contributed by atoms with van der Waals surface area (Å²) in [7, 11) is -4.10. The molecule has 1 fully saturated rings. The van der Waals surface area contributed by atoms with E-state index < -0.39 is 21.7 Å². The van der Waals surface area contributed by atoms with Gasteiger partial charge in [0.05, 0.1) is 5.04 Å². The van der Waals surface area contributed by atoms with Gasteiger partial charge in [0.15, 0.2) is 16.6 Å². The summed E-state index contributed by atoms with van der Waals surface area (Å²) in [4.78, 5) is 12.6. The first kappa shape index (κ1) is 14.7. The van der Waals surface area contributed by atoms with Crippen molar-refractivity contribution >= 4 is 28.6 Å². The van der Waals surface area contributed by atoms with Gasteiger partial charge in [-0.25, -0.2) is 0 Å². The molecule has 2 N–H and O–H groups in total. The second-order valence-electron chi connectivity index (χ2n) is 7.30. The number of fused-ring (bicyclic) bond motifs is 1. The van der Waals surface area contributed by atoms with E-state index in [1.165, 1.54) is 11.1 Å². The normalized spacial score (nSPS) is 28.6. The fraction of sp³-hybridized carbons (Fsp3) is 0.438. The third-order valence-corrected chi connectivity index (χ3v) is 13.7. The smallest absolute Gasteiger partial charge is 0.227 e. The molecular formula is C16H23NO2Si2. The van der Waals surface area contributed by atoms with Gasteiger partial charge in [0.25, 0.3) is 0 Å². The monoisotopic (exact) mass is 317 g/mol. The van der Waals surface area contributed by atoms with Crippen molar-refractivity contribution in [3.8, 4) is 0 Å². The number of carbonyl (C=O) groups excluding carboxylic acids is 1. The predicted molar refractivity (Wildman–Crippen MR) is 90.9 cm³/mol. The highest BCUT2D eigenvalue weighted by Gasteiger charge is 2.64. The second-order valence-corrected chi connectivity index (χ2v) is 15.9. The van der Waals surface area contributed by atoms with E-state index in [4.69, 9.17) is 9.85 Å². The Balaban J connectivity index is 2.28. The molecule has 3 nitrogen and oxygen atoms in total. The van der Waals surface area contributed by atoms with Gasteiger partial charge in [-0.1, -0.05) is 30.4 Å². The topological polar surface area (TPSA) is 52.3 Å². The number of primary amides is 1. The number of rotatable bonds is 2. The SMILES string of the molecule is C[Si]1(C)CC(C(N)=O)(c2cccc3c2C=CC3)[Si](C)(C)O1. The molecule has 1 aliphatic carbocycles. The highest BCUT2D eigenvalue weighted by atomic mass is 28.4. The van der Waals surface area contributed by atoms with Crippen molar-refractivity contribution in [1.82, 2.24) is 0 Å². The van der Waals surface area contributed by atoms with Crippen LogP contribution in [0.25, 0.3) is 6.08 Å². The Morgan fingerprint density at radius 2 is 2.00 bits per heavy atom. The van der Waals surface area contributed by atoms with Gasteiger partial charge >= 0.3 is 0 Å². The third kappa shape index (κ3) is 1.98. The molecule has 2 aliphatic rings. The van der Waals surface area contributed by atoms with E-state index in [1.54, 1.807) is 0 Å². The minimum absolute atomic E-state index is 0.203. The Bertz CT molecular complexity index is 652. The lowest BCUT2D eigenvalue weighted by Crippen LogP contribution is -2.57. The van der Waals surface area contributed by atoms with Crippen LogP contribution >= 0.6 is 0 Å². The molecule has 1 aromatic carbocycles. The minimum Gasteiger partial charge on any atom is -0.454 e. The highest BCUT2D eigenvalue weighted by molar-refractivity contribution is 6.93. The Morgan fingerprint density at radius 3 is 2.57 bits per heavy atom. The number of amides is 1. The number of hydrogen-bond donors (Lipinski definition) is 1. The van der Waals surface area contributed by atoms with Gasteiger partial charge in [-0.3, -0.25) is 4.79 Å². The summed E-state index contributed by atoms with van der Waals surface area (Å²) in [5, 5.41) is -0.594. The Morgan fingerprint density at radius 1 is 1.29 bits per heavy atom. The number of carbonyl (C=O) groups is 1. The average molecular weight is 318 g/mol. The predicted octanol–water partition coefficient (Wildman–Crippen LogP) is 2.96. The van der Waals surface area contributed by atoms with Gasteiger partial charge in [-0.15, -0.1) is 0 Å². The maximum Gasteiger partial charge on any atom is 0.227 e. The first-order valence-corrected chi connectivity index (χ1v) is 13.5. The molecule has 0 radical (unpaired) electrons. The highest BCUT2D eigenvalue weighted by Crippen LogP contribution is 2.51. The fourth-order valence-corrected chi connectivity index (χ4v) is 16.9. The van der Waals surface area contributed by atoms with E-state index >= 15 is 0 Å². The molecule has 1 atom stereocenters. The molecular weight excluding hydrogens is 294 g/mol. The molecule has 5 heteroatoms. The minimum atomic E-state index is -2.25. The quantitative estimate of drug-likeness (QED) is 0.853. The van der Waals surface area contributed by atoms with Crippen molar-refractivity contribution in [2.75, 3.05) is 0 Å². The summed E-state index contributed by atoms with van der Waals surface area (Å²) in [5.41, 5.74) is 9.57. The fourth-order valence-electron chi connectivity index (χ4n) is 4.27. The lowest BCUT2D eigenvalue weighted by Gasteiger charge is -2.37. The lowest BCUT2D eigenvalue weighted by atomic mass is 9.92. The molecule has 1 aromatic rings. The number of hydrogen-bond acceptors (Lipinski definition) is 2. The zero-order valence-electron chi connectivity index (χ0n) is 13.2. The Kier molecular flexibility index (Phi) is 3.10. The van der Waals surface area contributed by atoms with Crippen LogP contribution < -0.4 is 5.73 Å². The summed E-state index contributed by atoms with van der Waals surface area (Å²) in [5.74, 6) is -0.203. The molecule has 1 unspecified atom stereocenters. The standard InChI is InChI=1S/C16H23NO2Si2/c1-20(2)11-16(15(17)18,21(3,4)19-20)14-10-6-8-12-7-5-9-13(12)14/h5-6,8-10H,7,11H2,1-4H3,(H2,17,18). The van der Waals surface area contributed by atoms with Crippen LogP contribution in [0.1, 0.15) is 16.7 Å². The maximum atomic E-state index is 12.6. The van der Waals surface area contributed by atoms with Crippen LogP contribution in [0.3, 0.4) is 0 Å². The van der Waals surface area contributed by atoms with E-state index in [9.17, 15) is 4.79 Å². The van der Waals surface area contributed by atoms with Crippen LogP contribution in [0.15, 0.2) is 24.3 Å². The average Bonchev–Trinajstić information content (AvgIpc) is 2.88. The first-order chi connectivity index (χ1) is 9.70. The molecule has 1 saturated heterocycles. The van der Waals surface area contributed by atoms with Gasteiger partial charge in [-0.2, -0.15) is 0 Å². The lowest BCUT2D eigenvalue weighted by molar-refractivity contribution is -0.120. The van der Waals surface area contributed by atoms with Crippen molar-refractivity contribution in [3.05, 3.63) is 41.0 Å². The number of nitrogens with two attached hydrogens (primary N) is 1. The molecule has 3 rings (SSSR count). The molecule has 21 heavy (non-hydrogen) atoms. The van der Waals surface area contributed by atoms with Crippen molar-refractivity contribution in [2.24, 2.45) is 5.73 Å². The van der Waals surface area contributed by atoms with Crippen LogP contribution in [-0.4, -0.2) is 22.5 Å². The molecule has 112 valence electrons. The zero-order chi connectivity index (χ0) is 15.5. The van der Waals surface area contributed by atoms with Gasteiger partial charge in [0.1, 0.15) is 0 Å². The second kappa shape index (κ2) is 4.41.